The normalized spacial score (nSPS) is 11.6. The number of aromatic hydroxyl groups is 1. The van der Waals surface area contributed by atoms with Gasteiger partial charge in [0, 0.05) is 11.8 Å². The summed E-state index contributed by atoms with van der Waals surface area (Å²) < 4.78 is 37.2. The van der Waals surface area contributed by atoms with E-state index < -0.39 is 32.2 Å². The van der Waals surface area contributed by atoms with Gasteiger partial charge in [-0.1, -0.05) is 6.92 Å². The lowest BCUT2D eigenvalue weighted by Gasteiger charge is -2.09. The number of sulfone groups is 1. The third kappa shape index (κ3) is 2.61. The molecule has 6 nitrogen and oxygen atoms in total. The summed E-state index contributed by atoms with van der Waals surface area (Å²) in [5.41, 5.74) is 0.221. The average molecular weight is 326 g/mol. The number of hydrogen-bond acceptors (Lipinski definition) is 5. The van der Waals surface area contributed by atoms with Gasteiger partial charge in [0.15, 0.2) is 9.84 Å². The van der Waals surface area contributed by atoms with Crippen molar-refractivity contribution >= 4 is 15.6 Å². The van der Waals surface area contributed by atoms with E-state index in [1.807, 2.05) is 0 Å². The maximum absolute atomic E-state index is 14.2. The second-order valence-electron chi connectivity index (χ2n) is 4.90. The molecule has 0 saturated heterocycles. The molecule has 22 heavy (non-hydrogen) atoms. The second kappa shape index (κ2) is 5.53. The van der Waals surface area contributed by atoms with Crippen molar-refractivity contribution in [1.82, 2.24) is 10.2 Å². The van der Waals surface area contributed by atoms with Crippen LogP contribution in [0.1, 0.15) is 34.1 Å². The first-order valence-corrected chi connectivity index (χ1v) is 8.37. The Labute approximate surface area is 126 Å². The van der Waals surface area contributed by atoms with Gasteiger partial charge in [-0.3, -0.25) is 4.79 Å². The molecule has 0 spiro atoms. The predicted octanol–water partition coefficient (Wildman–Crippen LogP) is 1.76. The standard InChI is InChI=1S/C14H15FN2O4S/c1-4-9-11(14(19)17-16-9)13(18)8-5-6-10(22(3,20)21)12(15)7(8)2/h5-6H,4H2,1-3H3,(H2,16,17,19). The quantitative estimate of drug-likeness (QED) is 0.834. The van der Waals surface area contributed by atoms with Crippen LogP contribution in [0.25, 0.3) is 0 Å². The summed E-state index contributed by atoms with van der Waals surface area (Å²) in [6, 6.07) is 2.29. The lowest BCUT2D eigenvalue weighted by Crippen LogP contribution is -2.10. The molecule has 2 aromatic rings. The predicted molar refractivity (Wildman–Crippen MR) is 77.3 cm³/mol. The highest BCUT2D eigenvalue weighted by atomic mass is 32.2. The van der Waals surface area contributed by atoms with E-state index in [1.165, 1.54) is 13.0 Å². The number of aromatic nitrogens is 2. The van der Waals surface area contributed by atoms with E-state index in [0.717, 1.165) is 12.3 Å². The van der Waals surface area contributed by atoms with Crippen molar-refractivity contribution in [2.45, 2.75) is 25.2 Å². The molecule has 1 aromatic heterocycles. The number of rotatable bonds is 4. The zero-order valence-corrected chi connectivity index (χ0v) is 13.1. The molecular weight excluding hydrogens is 311 g/mol. The van der Waals surface area contributed by atoms with Gasteiger partial charge in [0.25, 0.3) is 0 Å². The number of aromatic amines is 1. The molecule has 0 atom stereocenters. The molecule has 0 aliphatic carbocycles. The summed E-state index contributed by atoms with van der Waals surface area (Å²) in [6.07, 6.45) is 1.30. The highest BCUT2D eigenvalue weighted by Crippen LogP contribution is 2.27. The van der Waals surface area contributed by atoms with Crippen LogP contribution < -0.4 is 0 Å². The van der Waals surface area contributed by atoms with Crippen LogP contribution in [0.3, 0.4) is 0 Å². The number of aryl methyl sites for hydroxylation is 1. The van der Waals surface area contributed by atoms with Crippen molar-refractivity contribution in [3.63, 3.8) is 0 Å². The van der Waals surface area contributed by atoms with Gasteiger partial charge in [0.05, 0.1) is 5.69 Å². The highest BCUT2D eigenvalue weighted by molar-refractivity contribution is 7.90. The van der Waals surface area contributed by atoms with E-state index in [9.17, 15) is 22.7 Å². The minimum Gasteiger partial charge on any atom is -0.493 e. The summed E-state index contributed by atoms with van der Waals surface area (Å²) in [5.74, 6) is -1.97. The Morgan fingerprint density at radius 2 is 2.05 bits per heavy atom. The van der Waals surface area contributed by atoms with E-state index in [4.69, 9.17) is 0 Å². The van der Waals surface area contributed by atoms with Gasteiger partial charge in [-0.15, -0.1) is 0 Å². The van der Waals surface area contributed by atoms with Gasteiger partial charge in [-0.2, -0.15) is 5.10 Å². The first-order chi connectivity index (χ1) is 10.2. The number of hydrogen-bond donors (Lipinski definition) is 2. The fraction of sp³-hybridized carbons (Fsp3) is 0.286. The molecule has 8 heteroatoms. The van der Waals surface area contributed by atoms with Crippen LogP contribution in [0, 0.1) is 12.7 Å². The van der Waals surface area contributed by atoms with Gasteiger partial charge < -0.3 is 5.11 Å². The van der Waals surface area contributed by atoms with Crippen molar-refractivity contribution < 1.29 is 22.7 Å². The number of halogens is 1. The summed E-state index contributed by atoms with van der Waals surface area (Å²) >= 11 is 0. The van der Waals surface area contributed by atoms with E-state index in [0.29, 0.717) is 12.1 Å². The van der Waals surface area contributed by atoms with Crippen LogP contribution in [-0.4, -0.2) is 35.8 Å². The fourth-order valence-electron chi connectivity index (χ4n) is 2.19. The largest absolute Gasteiger partial charge is 0.493 e. The Bertz CT molecular complexity index is 856. The van der Waals surface area contributed by atoms with Crippen molar-refractivity contribution in [3.05, 3.63) is 40.3 Å². The fourth-order valence-corrected chi connectivity index (χ4v) is 2.98. The molecule has 1 aromatic carbocycles. The maximum Gasteiger partial charge on any atom is 0.218 e. The highest BCUT2D eigenvalue weighted by Gasteiger charge is 2.25. The van der Waals surface area contributed by atoms with Gasteiger partial charge >= 0.3 is 0 Å². The summed E-state index contributed by atoms with van der Waals surface area (Å²) in [7, 11) is -3.73. The Hall–Kier alpha value is -2.22. The Morgan fingerprint density at radius 1 is 1.41 bits per heavy atom. The number of carbonyl (C=O) groups is 1. The number of nitrogens with one attached hydrogen (secondary N) is 1. The first-order valence-electron chi connectivity index (χ1n) is 6.48. The van der Waals surface area contributed by atoms with Gasteiger partial charge in [-0.25, -0.2) is 17.9 Å². The molecule has 0 amide bonds. The lowest BCUT2D eigenvalue weighted by atomic mass is 9.98. The third-order valence-electron chi connectivity index (χ3n) is 3.38. The smallest absolute Gasteiger partial charge is 0.218 e. The van der Waals surface area contributed by atoms with Crippen LogP contribution in [0.2, 0.25) is 0 Å². The molecule has 1 heterocycles. The minimum atomic E-state index is -3.73. The van der Waals surface area contributed by atoms with Gasteiger partial charge in [0.1, 0.15) is 16.3 Å². The van der Waals surface area contributed by atoms with Crippen molar-refractivity contribution in [3.8, 4) is 5.88 Å². The Morgan fingerprint density at radius 3 is 2.59 bits per heavy atom. The van der Waals surface area contributed by atoms with Crippen LogP contribution in [0.5, 0.6) is 5.88 Å². The zero-order valence-electron chi connectivity index (χ0n) is 12.3. The maximum atomic E-state index is 14.2. The van der Waals surface area contributed by atoms with E-state index in [1.54, 1.807) is 6.92 Å². The van der Waals surface area contributed by atoms with Crippen molar-refractivity contribution in [2.75, 3.05) is 6.26 Å². The van der Waals surface area contributed by atoms with Gasteiger partial charge in [-0.05, 0) is 31.0 Å². The number of ketones is 1. The number of carbonyl (C=O) groups excluding carboxylic acids is 1. The van der Waals surface area contributed by atoms with Gasteiger partial charge in [0.2, 0.25) is 11.7 Å². The van der Waals surface area contributed by atoms with Crippen molar-refractivity contribution in [2.24, 2.45) is 0 Å². The molecule has 0 fully saturated rings. The van der Waals surface area contributed by atoms with Crippen LogP contribution in [-0.2, 0) is 16.3 Å². The van der Waals surface area contributed by atoms with Crippen LogP contribution in [0.15, 0.2) is 17.0 Å². The first kappa shape index (κ1) is 16.2. The van der Waals surface area contributed by atoms with E-state index in [-0.39, 0.29) is 16.7 Å². The summed E-state index contributed by atoms with van der Waals surface area (Å²) in [6.45, 7) is 3.08. The van der Waals surface area contributed by atoms with Crippen LogP contribution >= 0.6 is 0 Å². The number of H-pyrrole nitrogens is 1. The van der Waals surface area contributed by atoms with E-state index in [2.05, 4.69) is 10.2 Å². The average Bonchev–Trinajstić information content (AvgIpc) is 2.80. The minimum absolute atomic E-state index is 0.0173. The molecular formula is C14H15FN2O4S. The van der Waals surface area contributed by atoms with E-state index >= 15 is 0 Å². The van der Waals surface area contributed by atoms with Crippen LogP contribution in [0.4, 0.5) is 4.39 Å². The third-order valence-corrected chi connectivity index (χ3v) is 4.49. The summed E-state index contributed by atoms with van der Waals surface area (Å²) in [5, 5.41) is 15.8. The SMILES string of the molecule is CCc1n[nH]c(O)c1C(=O)c1ccc(S(C)(=O)=O)c(F)c1C. The zero-order chi connectivity index (χ0) is 16.7. The number of benzene rings is 1. The Balaban J connectivity index is 2.62. The monoisotopic (exact) mass is 326 g/mol. The molecule has 0 unspecified atom stereocenters. The number of nitrogens with zero attached hydrogens (tertiary/aromatic N) is 1. The molecule has 118 valence electrons. The second-order valence-corrected chi connectivity index (χ2v) is 6.88. The molecule has 2 rings (SSSR count). The summed E-state index contributed by atoms with van der Waals surface area (Å²) in [4.78, 5) is 12.0. The molecule has 0 saturated carbocycles. The lowest BCUT2D eigenvalue weighted by molar-refractivity contribution is 0.103. The Kier molecular flexibility index (Phi) is 4.06. The van der Waals surface area contributed by atoms with Crippen molar-refractivity contribution in [1.29, 1.82) is 0 Å². The molecule has 0 aliphatic rings. The molecule has 0 radical (unpaired) electrons. The molecule has 2 N–H and O–H groups in total. The molecule has 0 aliphatic heterocycles. The molecule has 0 bridgehead atoms. The topological polar surface area (TPSA) is 100 Å².